The van der Waals surface area contributed by atoms with Crippen LogP contribution in [0.1, 0.15) is 18.4 Å². The number of nitrogen functional groups attached to an aromatic ring is 1. The van der Waals surface area contributed by atoms with Gasteiger partial charge in [-0.05, 0) is 24.6 Å². The third kappa shape index (κ3) is 2.02. The van der Waals surface area contributed by atoms with Gasteiger partial charge in [0.25, 0.3) is 0 Å². The van der Waals surface area contributed by atoms with E-state index >= 15 is 0 Å². The molecule has 0 radical (unpaired) electrons. The van der Waals surface area contributed by atoms with Crippen LogP contribution in [0.25, 0.3) is 0 Å². The van der Waals surface area contributed by atoms with Crippen molar-refractivity contribution in [2.75, 3.05) is 12.8 Å². The zero-order valence-electron chi connectivity index (χ0n) is 8.08. The summed E-state index contributed by atoms with van der Waals surface area (Å²) in [7, 11) is 1.30. The molecule has 1 atom stereocenters. The molecule has 76 valence electrons. The summed E-state index contributed by atoms with van der Waals surface area (Å²) in [6.45, 7) is 1.65. The second-order valence-corrected chi connectivity index (χ2v) is 3.03. The van der Waals surface area contributed by atoms with Gasteiger partial charge in [0.1, 0.15) is 5.82 Å². The maximum Gasteiger partial charge on any atom is 0.312 e. The second kappa shape index (κ2) is 4.09. The molecule has 3 nitrogen and oxygen atoms in total. The minimum absolute atomic E-state index is 0.0748. The Balaban J connectivity index is 2.96. The molecule has 0 spiro atoms. The fraction of sp³-hybridized carbons (Fsp3) is 0.300. The quantitative estimate of drug-likeness (QED) is 0.579. The predicted molar refractivity (Wildman–Crippen MR) is 51.2 cm³/mol. The van der Waals surface area contributed by atoms with Crippen molar-refractivity contribution in [1.29, 1.82) is 0 Å². The molecule has 4 heteroatoms. The van der Waals surface area contributed by atoms with Gasteiger partial charge in [0.2, 0.25) is 0 Å². The average Bonchev–Trinajstić information content (AvgIpc) is 2.20. The minimum Gasteiger partial charge on any atom is -0.469 e. The van der Waals surface area contributed by atoms with Gasteiger partial charge >= 0.3 is 5.97 Å². The molecule has 0 bridgehead atoms. The van der Waals surface area contributed by atoms with Crippen molar-refractivity contribution in [2.24, 2.45) is 0 Å². The normalized spacial score (nSPS) is 12.2. The van der Waals surface area contributed by atoms with Crippen LogP contribution in [0.15, 0.2) is 18.2 Å². The molecule has 1 aromatic rings. The lowest BCUT2D eigenvalue weighted by Gasteiger charge is -2.09. The zero-order valence-corrected chi connectivity index (χ0v) is 8.08. The zero-order chi connectivity index (χ0) is 10.7. The first-order valence-electron chi connectivity index (χ1n) is 4.19. The highest BCUT2D eigenvalue weighted by molar-refractivity contribution is 5.77. The van der Waals surface area contributed by atoms with Crippen molar-refractivity contribution >= 4 is 11.7 Å². The van der Waals surface area contributed by atoms with E-state index in [4.69, 9.17) is 5.73 Å². The predicted octanol–water partition coefficient (Wildman–Crippen LogP) is 1.68. The third-order valence-electron chi connectivity index (χ3n) is 2.08. The van der Waals surface area contributed by atoms with Gasteiger partial charge in [-0.1, -0.05) is 6.07 Å². The van der Waals surface area contributed by atoms with Crippen molar-refractivity contribution in [1.82, 2.24) is 0 Å². The highest BCUT2D eigenvalue weighted by Crippen LogP contribution is 2.20. The van der Waals surface area contributed by atoms with Crippen molar-refractivity contribution in [3.8, 4) is 0 Å². The first kappa shape index (κ1) is 10.5. The van der Waals surface area contributed by atoms with Gasteiger partial charge in [-0.25, -0.2) is 4.39 Å². The number of halogens is 1. The van der Waals surface area contributed by atoms with Crippen LogP contribution >= 0.6 is 0 Å². The van der Waals surface area contributed by atoms with E-state index in [9.17, 15) is 9.18 Å². The molecule has 1 unspecified atom stereocenters. The van der Waals surface area contributed by atoms with Crippen LogP contribution in [-0.2, 0) is 9.53 Å². The molecular weight excluding hydrogens is 185 g/mol. The fourth-order valence-electron chi connectivity index (χ4n) is 1.13. The molecule has 1 rings (SSSR count). The van der Waals surface area contributed by atoms with Gasteiger partial charge in [0.05, 0.1) is 18.7 Å². The maximum absolute atomic E-state index is 13.0. The Morgan fingerprint density at radius 3 is 2.71 bits per heavy atom. The number of carbonyl (C=O) groups is 1. The molecule has 1 aromatic carbocycles. The first-order chi connectivity index (χ1) is 6.56. The summed E-state index contributed by atoms with van der Waals surface area (Å²) in [4.78, 5) is 11.1. The Hall–Kier alpha value is -1.58. The molecule has 0 aliphatic heterocycles. The number of benzene rings is 1. The number of methoxy groups -OCH3 is 1. The molecule has 0 heterocycles. The topological polar surface area (TPSA) is 52.3 Å². The Bertz CT molecular complexity index is 352. The van der Waals surface area contributed by atoms with Crippen LogP contribution in [0.3, 0.4) is 0 Å². The molecular formula is C10H12FNO2. The second-order valence-electron chi connectivity index (χ2n) is 3.03. The largest absolute Gasteiger partial charge is 0.469 e. The summed E-state index contributed by atoms with van der Waals surface area (Å²) in [6, 6.07) is 4.29. The Labute approximate surface area is 81.7 Å². The van der Waals surface area contributed by atoms with Crippen molar-refractivity contribution in [3.63, 3.8) is 0 Å². The Morgan fingerprint density at radius 1 is 1.57 bits per heavy atom. The van der Waals surface area contributed by atoms with Crippen LogP contribution in [-0.4, -0.2) is 13.1 Å². The van der Waals surface area contributed by atoms with Gasteiger partial charge in [-0.2, -0.15) is 0 Å². The molecule has 0 aromatic heterocycles. The molecule has 0 fully saturated rings. The van der Waals surface area contributed by atoms with Crippen molar-refractivity contribution in [2.45, 2.75) is 12.8 Å². The number of carbonyl (C=O) groups excluding carboxylic acids is 1. The summed E-state index contributed by atoms with van der Waals surface area (Å²) in [6.07, 6.45) is 0. The van der Waals surface area contributed by atoms with Crippen LogP contribution in [0.5, 0.6) is 0 Å². The lowest BCUT2D eigenvalue weighted by atomic mass is 10.0. The molecule has 0 amide bonds. The van der Waals surface area contributed by atoms with Crippen LogP contribution < -0.4 is 5.73 Å². The summed E-state index contributed by atoms with van der Waals surface area (Å²) in [5.74, 6) is -1.39. The number of rotatable bonds is 2. The van der Waals surface area contributed by atoms with Crippen molar-refractivity contribution < 1.29 is 13.9 Å². The highest BCUT2D eigenvalue weighted by atomic mass is 19.1. The third-order valence-corrected chi connectivity index (χ3v) is 2.08. The number of hydrogen-bond donors (Lipinski definition) is 1. The summed E-state index contributed by atoms with van der Waals surface area (Å²) >= 11 is 0. The van der Waals surface area contributed by atoms with E-state index in [2.05, 4.69) is 4.74 Å². The lowest BCUT2D eigenvalue weighted by molar-refractivity contribution is -0.141. The molecule has 0 saturated carbocycles. The maximum atomic E-state index is 13.0. The first-order valence-corrected chi connectivity index (χ1v) is 4.19. The standard InChI is InChI=1S/C10H12FNO2/c1-6(10(13)14-2)7-3-4-9(12)8(11)5-7/h3-6H,12H2,1-2H3. The number of anilines is 1. The van der Waals surface area contributed by atoms with Gasteiger partial charge in [-0.3, -0.25) is 4.79 Å². The van der Waals surface area contributed by atoms with E-state index in [0.717, 1.165) is 0 Å². The summed E-state index contributed by atoms with van der Waals surface area (Å²) in [5, 5.41) is 0. The van der Waals surface area contributed by atoms with Crippen LogP contribution in [0, 0.1) is 5.82 Å². The minimum atomic E-state index is -0.516. The van der Waals surface area contributed by atoms with Crippen LogP contribution in [0.4, 0.5) is 10.1 Å². The van der Waals surface area contributed by atoms with Gasteiger partial charge < -0.3 is 10.5 Å². The molecule has 0 aliphatic rings. The van der Waals surface area contributed by atoms with Crippen molar-refractivity contribution in [3.05, 3.63) is 29.6 Å². The van der Waals surface area contributed by atoms with Gasteiger partial charge in [-0.15, -0.1) is 0 Å². The lowest BCUT2D eigenvalue weighted by Crippen LogP contribution is -2.11. The molecule has 0 aliphatic carbocycles. The number of nitrogens with two attached hydrogens (primary N) is 1. The van der Waals surface area contributed by atoms with Gasteiger partial charge in [0, 0.05) is 0 Å². The Morgan fingerprint density at radius 2 is 2.21 bits per heavy atom. The fourth-order valence-corrected chi connectivity index (χ4v) is 1.13. The number of hydrogen-bond acceptors (Lipinski definition) is 3. The van der Waals surface area contributed by atoms with E-state index in [1.807, 2.05) is 0 Å². The van der Waals surface area contributed by atoms with E-state index in [0.29, 0.717) is 5.56 Å². The Kier molecular flexibility index (Phi) is 3.06. The van der Waals surface area contributed by atoms with E-state index in [-0.39, 0.29) is 5.69 Å². The summed E-state index contributed by atoms with van der Waals surface area (Å²) in [5.41, 5.74) is 5.94. The highest BCUT2D eigenvalue weighted by Gasteiger charge is 2.16. The molecule has 2 N–H and O–H groups in total. The monoisotopic (exact) mass is 197 g/mol. The van der Waals surface area contributed by atoms with E-state index in [1.54, 1.807) is 13.0 Å². The summed E-state index contributed by atoms with van der Waals surface area (Å²) < 4.78 is 17.6. The smallest absolute Gasteiger partial charge is 0.312 e. The van der Waals surface area contributed by atoms with Crippen LogP contribution in [0.2, 0.25) is 0 Å². The van der Waals surface area contributed by atoms with E-state index < -0.39 is 17.7 Å². The van der Waals surface area contributed by atoms with Gasteiger partial charge in [0.15, 0.2) is 0 Å². The molecule has 14 heavy (non-hydrogen) atoms. The average molecular weight is 197 g/mol. The van der Waals surface area contributed by atoms with E-state index in [1.165, 1.54) is 19.2 Å². The SMILES string of the molecule is COC(=O)C(C)c1ccc(N)c(F)c1. The number of esters is 1. The number of ether oxygens (including phenoxy) is 1. The molecule has 0 saturated heterocycles.